The third-order valence-electron chi connectivity index (χ3n) is 4.91. The first-order valence-corrected chi connectivity index (χ1v) is 9.75. The van der Waals surface area contributed by atoms with Gasteiger partial charge in [0, 0.05) is 12.3 Å². The number of hydrogen-bond donors (Lipinski definition) is 1. The number of amides is 1. The van der Waals surface area contributed by atoms with Crippen molar-refractivity contribution in [3.05, 3.63) is 83.4 Å². The molecule has 5 nitrogen and oxygen atoms in total. The molecule has 0 saturated heterocycles. The summed E-state index contributed by atoms with van der Waals surface area (Å²) in [5, 5.41) is 3.09. The van der Waals surface area contributed by atoms with Crippen LogP contribution in [0.25, 0.3) is 11.8 Å². The zero-order valence-electron chi connectivity index (χ0n) is 17.3. The molecule has 0 radical (unpaired) electrons. The lowest BCUT2D eigenvalue weighted by atomic mass is 9.99. The van der Waals surface area contributed by atoms with Crippen LogP contribution in [0.2, 0.25) is 0 Å². The second-order valence-electron chi connectivity index (χ2n) is 7.01. The van der Waals surface area contributed by atoms with Crippen LogP contribution in [0.3, 0.4) is 0 Å². The van der Waals surface area contributed by atoms with Crippen molar-refractivity contribution in [1.29, 1.82) is 0 Å². The minimum Gasteiger partial charge on any atom is -0.495 e. The maximum absolute atomic E-state index is 12.5. The first kappa shape index (κ1) is 20.4. The molecule has 3 rings (SSSR count). The number of carbonyl (C=O) groups excluding carboxylic acids is 1. The number of nitrogens with one attached hydrogen (secondary N) is 1. The van der Waals surface area contributed by atoms with Gasteiger partial charge in [-0.05, 0) is 55.2 Å². The van der Waals surface area contributed by atoms with E-state index in [1.165, 1.54) is 5.56 Å². The number of ether oxygens (including phenoxy) is 1. The van der Waals surface area contributed by atoms with Crippen LogP contribution < -0.4 is 10.1 Å². The van der Waals surface area contributed by atoms with Gasteiger partial charge in [0.05, 0.1) is 30.9 Å². The molecule has 29 heavy (non-hydrogen) atoms. The van der Waals surface area contributed by atoms with Gasteiger partial charge in [-0.15, -0.1) is 0 Å². The summed E-state index contributed by atoms with van der Waals surface area (Å²) in [6.07, 6.45) is 7.89. The smallest absolute Gasteiger partial charge is 0.244 e. The quantitative estimate of drug-likeness (QED) is 0.592. The van der Waals surface area contributed by atoms with Gasteiger partial charge in [0.15, 0.2) is 0 Å². The summed E-state index contributed by atoms with van der Waals surface area (Å²) in [6.45, 7) is 6.08. The summed E-state index contributed by atoms with van der Waals surface area (Å²) in [6, 6.07) is 14.0. The lowest BCUT2D eigenvalue weighted by molar-refractivity contribution is -0.117. The van der Waals surface area contributed by atoms with Crippen LogP contribution >= 0.6 is 0 Å². The average molecular weight is 389 g/mol. The van der Waals surface area contributed by atoms with Crippen molar-refractivity contribution in [2.24, 2.45) is 0 Å². The Bertz CT molecular complexity index is 1020. The van der Waals surface area contributed by atoms with E-state index in [-0.39, 0.29) is 11.9 Å². The molecule has 0 saturated carbocycles. The van der Waals surface area contributed by atoms with Gasteiger partial charge in [0.2, 0.25) is 5.91 Å². The van der Waals surface area contributed by atoms with Crippen molar-refractivity contribution >= 4 is 12.0 Å². The van der Waals surface area contributed by atoms with Crippen LogP contribution in [0.4, 0.5) is 0 Å². The molecule has 0 spiro atoms. The Morgan fingerprint density at radius 2 is 2.03 bits per heavy atom. The minimum atomic E-state index is -0.117. The maximum atomic E-state index is 12.5. The van der Waals surface area contributed by atoms with E-state index in [0.29, 0.717) is 0 Å². The van der Waals surface area contributed by atoms with Crippen LogP contribution in [0.15, 0.2) is 61.1 Å². The Balaban J connectivity index is 1.73. The highest BCUT2D eigenvalue weighted by Gasteiger charge is 2.13. The number of carbonyl (C=O) groups is 1. The lowest BCUT2D eigenvalue weighted by Crippen LogP contribution is -2.26. The van der Waals surface area contributed by atoms with Gasteiger partial charge in [0.1, 0.15) is 5.75 Å². The molecule has 150 valence electrons. The van der Waals surface area contributed by atoms with Crippen LogP contribution in [-0.2, 0) is 4.79 Å². The molecule has 0 aliphatic carbocycles. The van der Waals surface area contributed by atoms with Gasteiger partial charge in [-0.2, -0.15) is 0 Å². The average Bonchev–Trinajstić information content (AvgIpc) is 3.17. The molecule has 1 amide bonds. The van der Waals surface area contributed by atoms with Crippen LogP contribution in [0.5, 0.6) is 5.75 Å². The largest absolute Gasteiger partial charge is 0.495 e. The Hall–Kier alpha value is -3.34. The van der Waals surface area contributed by atoms with Gasteiger partial charge in [0.25, 0.3) is 0 Å². The highest BCUT2D eigenvalue weighted by Crippen LogP contribution is 2.25. The molecule has 1 atom stereocenters. The predicted molar refractivity (Wildman–Crippen MR) is 116 cm³/mol. The molecule has 3 aromatic rings. The zero-order valence-corrected chi connectivity index (χ0v) is 17.3. The van der Waals surface area contributed by atoms with Gasteiger partial charge in [-0.1, -0.05) is 37.3 Å². The van der Waals surface area contributed by atoms with E-state index in [9.17, 15) is 4.79 Å². The van der Waals surface area contributed by atoms with E-state index in [4.69, 9.17) is 4.74 Å². The fourth-order valence-electron chi connectivity index (χ4n) is 3.33. The van der Waals surface area contributed by atoms with Gasteiger partial charge >= 0.3 is 0 Å². The van der Waals surface area contributed by atoms with Crippen molar-refractivity contribution in [3.8, 4) is 11.4 Å². The zero-order chi connectivity index (χ0) is 20.8. The number of aromatic nitrogens is 2. The normalized spacial score (nSPS) is 12.1. The molecule has 1 aromatic heterocycles. The van der Waals surface area contributed by atoms with Crippen molar-refractivity contribution in [3.63, 3.8) is 0 Å². The van der Waals surface area contributed by atoms with Gasteiger partial charge in [-0.25, -0.2) is 4.98 Å². The third kappa shape index (κ3) is 4.93. The summed E-state index contributed by atoms with van der Waals surface area (Å²) in [4.78, 5) is 16.7. The highest BCUT2D eigenvalue weighted by molar-refractivity contribution is 5.92. The fraction of sp³-hybridized carbons (Fsp3) is 0.250. The Morgan fingerprint density at radius 1 is 1.24 bits per heavy atom. The summed E-state index contributed by atoms with van der Waals surface area (Å²) in [5.41, 5.74) is 5.06. The van der Waals surface area contributed by atoms with E-state index >= 15 is 0 Å². The van der Waals surface area contributed by atoms with E-state index in [1.54, 1.807) is 25.6 Å². The second-order valence-corrected chi connectivity index (χ2v) is 7.01. The van der Waals surface area contributed by atoms with E-state index in [1.807, 2.05) is 48.0 Å². The molecule has 1 unspecified atom stereocenters. The number of methoxy groups -OCH3 is 1. The molecule has 5 heteroatoms. The molecule has 2 aromatic carbocycles. The summed E-state index contributed by atoms with van der Waals surface area (Å²) in [5.74, 6) is 0.602. The van der Waals surface area contributed by atoms with Gasteiger partial charge in [-0.3, -0.25) is 4.79 Å². The molecular formula is C24H27N3O2. The first-order valence-electron chi connectivity index (χ1n) is 9.75. The fourth-order valence-corrected chi connectivity index (χ4v) is 3.33. The van der Waals surface area contributed by atoms with Crippen molar-refractivity contribution in [2.45, 2.75) is 33.2 Å². The highest BCUT2D eigenvalue weighted by atomic mass is 16.5. The number of aryl methyl sites for hydroxylation is 2. The van der Waals surface area contributed by atoms with Crippen LogP contribution in [0.1, 0.15) is 41.8 Å². The number of hydrogen-bond acceptors (Lipinski definition) is 3. The standard InChI is InChI=1S/C24H27N3O2/c1-5-21(20-9-7-6-8-17(20)2)26-24(28)13-11-19-10-12-22(23(14-19)29-4)27-15-18(3)25-16-27/h6-16,21H,5H2,1-4H3,(H,26,28)/b13-11+. The maximum Gasteiger partial charge on any atom is 0.244 e. The molecule has 0 aliphatic rings. The Kier molecular flexibility index (Phi) is 6.50. The number of nitrogens with zero attached hydrogens (tertiary/aromatic N) is 2. The van der Waals surface area contributed by atoms with Crippen molar-refractivity contribution < 1.29 is 9.53 Å². The third-order valence-corrected chi connectivity index (χ3v) is 4.91. The SMILES string of the molecule is CCC(NC(=O)/C=C/c1ccc(-n2cnc(C)c2)c(OC)c1)c1ccccc1C. The topological polar surface area (TPSA) is 56.2 Å². The lowest BCUT2D eigenvalue weighted by Gasteiger charge is -2.18. The number of benzene rings is 2. The van der Waals surface area contributed by atoms with Gasteiger partial charge < -0.3 is 14.6 Å². The summed E-state index contributed by atoms with van der Waals surface area (Å²) >= 11 is 0. The van der Waals surface area contributed by atoms with Crippen molar-refractivity contribution in [1.82, 2.24) is 14.9 Å². The number of imidazole rings is 1. The van der Waals surface area contributed by atoms with E-state index in [2.05, 4.69) is 36.3 Å². The summed E-state index contributed by atoms with van der Waals surface area (Å²) in [7, 11) is 1.64. The first-order chi connectivity index (χ1) is 14.0. The van der Waals surface area contributed by atoms with Crippen molar-refractivity contribution in [2.75, 3.05) is 7.11 Å². The Morgan fingerprint density at radius 3 is 2.69 bits per heavy atom. The molecule has 1 heterocycles. The van der Waals surface area contributed by atoms with E-state index in [0.717, 1.165) is 34.7 Å². The molecular weight excluding hydrogens is 362 g/mol. The molecule has 0 aliphatic heterocycles. The molecule has 0 bridgehead atoms. The Labute approximate surface area is 172 Å². The van der Waals surface area contributed by atoms with Crippen LogP contribution in [0, 0.1) is 13.8 Å². The molecule has 1 N–H and O–H groups in total. The second kappa shape index (κ2) is 9.24. The predicted octanol–water partition coefficient (Wildman–Crippen LogP) is 4.78. The minimum absolute atomic E-state index is 0.00487. The monoisotopic (exact) mass is 389 g/mol. The number of rotatable bonds is 7. The van der Waals surface area contributed by atoms with E-state index < -0.39 is 0 Å². The molecule has 0 fully saturated rings. The summed E-state index contributed by atoms with van der Waals surface area (Å²) < 4.78 is 7.45. The van der Waals surface area contributed by atoms with Crippen LogP contribution in [-0.4, -0.2) is 22.6 Å².